The van der Waals surface area contributed by atoms with Gasteiger partial charge in [-0.25, -0.2) is 0 Å². The fourth-order valence-corrected chi connectivity index (χ4v) is 1.55. The molecule has 4 nitrogen and oxygen atoms in total. The SMILES string of the molecule is CNC(=O)CCCNc1ccc(C#N)c(Cl)c1. The van der Waals surface area contributed by atoms with Crippen LogP contribution in [0.2, 0.25) is 5.02 Å². The first kappa shape index (κ1) is 13.3. The summed E-state index contributed by atoms with van der Waals surface area (Å²) >= 11 is 5.89. The number of halogens is 1. The van der Waals surface area contributed by atoms with Crippen LogP contribution >= 0.6 is 11.6 Å². The molecule has 0 saturated heterocycles. The van der Waals surface area contributed by atoms with E-state index in [-0.39, 0.29) is 5.91 Å². The van der Waals surface area contributed by atoms with Crippen LogP contribution in [0.15, 0.2) is 18.2 Å². The molecule has 17 heavy (non-hydrogen) atoms. The molecule has 1 aromatic rings. The molecule has 5 heteroatoms. The van der Waals surface area contributed by atoms with Crippen molar-refractivity contribution in [3.8, 4) is 6.07 Å². The third-order valence-corrected chi connectivity index (χ3v) is 2.59. The minimum absolute atomic E-state index is 0.0321. The summed E-state index contributed by atoms with van der Waals surface area (Å²) in [5.41, 5.74) is 1.31. The van der Waals surface area contributed by atoms with Gasteiger partial charge in [0.25, 0.3) is 0 Å². The molecule has 0 unspecified atom stereocenters. The Morgan fingerprint density at radius 1 is 1.53 bits per heavy atom. The van der Waals surface area contributed by atoms with E-state index < -0.39 is 0 Å². The van der Waals surface area contributed by atoms with E-state index >= 15 is 0 Å². The van der Waals surface area contributed by atoms with Gasteiger partial charge < -0.3 is 10.6 Å². The van der Waals surface area contributed by atoms with Crippen LogP contribution in [0, 0.1) is 11.3 Å². The summed E-state index contributed by atoms with van der Waals surface area (Å²) in [6.07, 6.45) is 1.24. The topological polar surface area (TPSA) is 64.9 Å². The van der Waals surface area contributed by atoms with E-state index in [9.17, 15) is 4.79 Å². The maximum Gasteiger partial charge on any atom is 0.219 e. The zero-order chi connectivity index (χ0) is 12.7. The van der Waals surface area contributed by atoms with Crippen molar-refractivity contribution in [3.05, 3.63) is 28.8 Å². The Labute approximate surface area is 106 Å². The van der Waals surface area contributed by atoms with Crippen molar-refractivity contribution >= 4 is 23.2 Å². The van der Waals surface area contributed by atoms with Gasteiger partial charge in [-0.15, -0.1) is 0 Å². The van der Waals surface area contributed by atoms with Gasteiger partial charge in [0.1, 0.15) is 6.07 Å². The van der Waals surface area contributed by atoms with Gasteiger partial charge in [0.2, 0.25) is 5.91 Å². The van der Waals surface area contributed by atoms with Crippen LogP contribution in [0.4, 0.5) is 5.69 Å². The molecule has 0 bridgehead atoms. The van der Waals surface area contributed by atoms with Crippen molar-refractivity contribution in [2.45, 2.75) is 12.8 Å². The normalized spacial score (nSPS) is 9.47. The minimum atomic E-state index is 0.0321. The summed E-state index contributed by atoms with van der Waals surface area (Å²) in [4.78, 5) is 11.0. The number of hydrogen-bond acceptors (Lipinski definition) is 3. The lowest BCUT2D eigenvalue weighted by atomic mass is 10.2. The number of amides is 1. The number of carbonyl (C=O) groups is 1. The molecule has 0 fully saturated rings. The number of carbonyl (C=O) groups excluding carboxylic acids is 1. The van der Waals surface area contributed by atoms with Crippen molar-refractivity contribution in [2.24, 2.45) is 0 Å². The van der Waals surface area contributed by atoms with Crippen molar-refractivity contribution in [3.63, 3.8) is 0 Å². The van der Waals surface area contributed by atoms with Crippen molar-refractivity contribution in [2.75, 3.05) is 18.9 Å². The summed E-state index contributed by atoms with van der Waals surface area (Å²) < 4.78 is 0. The van der Waals surface area contributed by atoms with E-state index in [4.69, 9.17) is 16.9 Å². The monoisotopic (exact) mass is 251 g/mol. The van der Waals surface area contributed by atoms with E-state index in [2.05, 4.69) is 10.6 Å². The highest BCUT2D eigenvalue weighted by Crippen LogP contribution is 2.20. The highest BCUT2D eigenvalue weighted by molar-refractivity contribution is 6.32. The van der Waals surface area contributed by atoms with E-state index in [0.29, 0.717) is 23.6 Å². The van der Waals surface area contributed by atoms with Crippen molar-refractivity contribution < 1.29 is 4.79 Å². The van der Waals surface area contributed by atoms with E-state index in [1.165, 1.54) is 0 Å². The Bertz CT molecular complexity index is 440. The predicted molar refractivity (Wildman–Crippen MR) is 68.0 cm³/mol. The van der Waals surface area contributed by atoms with Crippen molar-refractivity contribution in [1.29, 1.82) is 5.26 Å². The summed E-state index contributed by atoms with van der Waals surface area (Å²) in [6.45, 7) is 0.690. The summed E-state index contributed by atoms with van der Waals surface area (Å²) in [6, 6.07) is 7.17. The second kappa shape index (κ2) is 6.77. The quantitative estimate of drug-likeness (QED) is 0.788. The predicted octanol–water partition coefficient (Wildman–Crippen LogP) is 2.15. The summed E-state index contributed by atoms with van der Waals surface area (Å²) in [7, 11) is 1.62. The van der Waals surface area contributed by atoms with Crippen LogP contribution in [0.1, 0.15) is 18.4 Å². The lowest BCUT2D eigenvalue weighted by molar-refractivity contribution is -0.120. The zero-order valence-electron chi connectivity index (χ0n) is 9.59. The minimum Gasteiger partial charge on any atom is -0.385 e. The van der Waals surface area contributed by atoms with Gasteiger partial charge >= 0.3 is 0 Å². The van der Waals surface area contributed by atoms with Gasteiger partial charge in [-0.3, -0.25) is 4.79 Å². The first-order valence-corrected chi connectivity index (χ1v) is 5.69. The maximum atomic E-state index is 11.0. The Morgan fingerprint density at radius 3 is 2.88 bits per heavy atom. The smallest absolute Gasteiger partial charge is 0.219 e. The second-order valence-corrected chi connectivity index (χ2v) is 3.92. The molecule has 1 amide bonds. The van der Waals surface area contributed by atoms with Gasteiger partial charge in [0.05, 0.1) is 10.6 Å². The summed E-state index contributed by atoms with van der Waals surface area (Å²) in [5, 5.41) is 14.9. The Hall–Kier alpha value is -1.73. The fraction of sp³-hybridized carbons (Fsp3) is 0.333. The lowest BCUT2D eigenvalue weighted by Crippen LogP contribution is -2.18. The Kier molecular flexibility index (Phi) is 5.31. The molecule has 0 aliphatic rings. The van der Waals surface area contributed by atoms with Crippen LogP contribution in [0.5, 0.6) is 0 Å². The Balaban J connectivity index is 2.40. The molecule has 0 aliphatic carbocycles. The number of rotatable bonds is 5. The lowest BCUT2D eigenvalue weighted by Gasteiger charge is -2.06. The van der Waals surface area contributed by atoms with Crippen molar-refractivity contribution in [1.82, 2.24) is 5.32 Å². The third-order valence-electron chi connectivity index (χ3n) is 2.28. The Morgan fingerprint density at radius 2 is 2.29 bits per heavy atom. The molecule has 1 aromatic carbocycles. The molecule has 0 atom stereocenters. The standard InChI is InChI=1S/C12H14ClN3O/c1-15-12(17)3-2-6-16-10-5-4-9(8-14)11(13)7-10/h4-5,7,16H,2-3,6H2,1H3,(H,15,17). The number of nitrogens with one attached hydrogen (secondary N) is 2. The van der Waals surface area contributed by atoms with Crippen LogP contribution < -0.4 is 10.6 Å². The largest absolute Gasteiger partial charge is 0.385 e. The molecule has 0 saturated carbocycles. The van der Waals surface area contributed by atoms with Crippen LogP contribution in [0.25, 0.3) is 0 Å². The average molecular weight is 252 g/mol. The first-order chi connectivity index (χ1) is 8.17. The molecule has 0 aliphatic heterocycles. The molecule has 90 valence electrons. The van der Waals surface area contributed by atoms with Crippen LogP contribution in [-0.2, 0) is 4.79 Å². The molecular weight excluding hydrogens is 238 g/mol. The average Bonchev–Trinajstić information content (AvgIpc) is 2.34. The molecule has 0 aromatic heterocycles. The summed E-state index contributed by atoms with van der Waals surface area (Å²) in [5.74, 6) is 0.0321. The third kappa shape index (κ3) is 4.33. The highest BCUT2D eigenvalue weighted by Gasteiger charge is 2.01. The van der Waals surface area contributed by atoms with E-state index in [1.807, 2.05) is 6.07 Å². The first-order valence-electron chi connectivity index (χ1n) is 5.31. The number of anilines is 1. The van der Waals surface area contributed by atoms with Gasteiger partial charge in [0.15, 0.2) is 0 Å². The zero-order valence-corrected chi connectivity index (χ0v) is 10.3. The number of nitrogens with zero attached hydrogens (tertiary/aromatic N) is 1. The molecular formula is C12H14ClN3O. The molecule has 1 rings (SSSR count). The molecule has 2 N–H and O–H groups in total. The molecule has 0 heterocycles. The second-order valence-electron chi connectivity index (χ2n) is 3.51. The van der Waals surface area contributed by atoms with Crippen LogP contribution in [-0.4, -0.2) is 19.5 Å². The highest BCUT2D eigenvalue weighted by atomic mass is 35.5. The van der Waals surface area contributed by atoms with Gasteiger partial charge in [0, 0.05) is 25.7 Å². The maximum absolute atomic E-state index is 11.0. The number of hydrogen-bond donors (Lipinski definition) is 2. The van der Waals surface area contributed by atoms with Gasteiger partial charge in [-0.2, -0.15) is 5.26 Å². The van der Waals surface area contributed by atoms with E-state index in [1.54, 1.807) is 25.2 Å². The number of nitriles is 1. The fourth-order valence-electron chi connectivity index (χ4n) is 1.32. The number of benzene rings is 1. The molecule has 0 spiro atoms. The van der Waals surface area contributed by atoms with Crippen LogP contribution in [0.3, 0.4) is 0 Å². The van der Waals surface area contributed by atoms with Gasteiger partial charge in [-0.05, 0) is 24.6 Å². The van der Waals surface area contributed by atoms with Gasteiger partial charge in [-0.1, -0.05) is 11.6 Å². The molecule has 0 radical (unpaired) electrons. The van der Waals surface area contributed by atoms with E-state index in [0.717, 1.165) is 12.1 Å².